The van der Waals surface area contributed by atoms with Crippen LogP contribution in [-0.4, -0.2) is 86.4 Å². The van der Waals surface area contributed by atoms with E-state index >= 15 is 0 Å². The Bertz CT molecular complexity index is 1380. The number of carbonyl (C=O) groups is 1. The molecule has 0 saturated heterocycles. The number of hydrogen-bond donors (Lipinski definition) is 3. The van der Waals surface area contributed by atoms with E-state index in [4.69, 9.17) is 14.2 Å². The summed E-state index contributed by atoms with van der Waals surface area (Å²) in [7, 11) is -2.40. The number of ether oxygens (including phenoxy) is 3. The van der Waals surface area contributed by atoms with Gasteiger partial charge in [-0.25, -0.2) is 13.4 Å². The van der Waals surface area contributed by atoms with Crippen LogP contribution in [0.5, 0.6) is 5.75 Å². The van der Waals surface area contributed by atoms with Gasteiger partial charge in [-0.05, 0) is 61.1 Å². The fourth-order valence-electron chi connectivity index (χ4n) is 5.36. The van der Waals surface area contributed by atoms with Crippen molar-refractivity contribution in [3.8, 4) is 5.75 Å². The highest BCUT2D eigenvalue weighted by molar-refractivity contribution is 7.89. The molecule has 3 N–H and O–H groups in total. The summed E-state index contributed by atoms with van der Waals surface area (Å²) in [5, 5.41) is 26.1. The summed E-state index contributed by atoms with van der Waals surface area (Å²) in [4.78, 5) is 27.3. The maximum Gasteiger partial charge on any atom is 0.287 e. The lowest BCUT2D eigenvalue weighted by Crippen LogP contribution is -2.39. The average Bonchev–Trinajstić information content (AvgIpc) is 3.58. The minimum absolute atomic E-state index is 0.00149. The molecule has 1 aliphatic carbocycles. The summed E-state index contributed by atoms with van der Waals surface area (Å²) >= 11 is 0. The van der Waals surface area contributed by atoms with Crippen molar-refractivity contribution in [2.24, 2.45) is 11.8 Å². The van der Waals surface area contributed by atoms with Gasteiger partial charge in [0.05, 0.1) is 30.1 Å². The number of aliphatic hydroxyl groups excluding tert-OH is 1. The molecule has 1 fully saturated rings. The molecule has 0 radical (unpaired) electrons. The van der Waals surface area contributed by atoms with Crippen LogP contribution in [0.1, 0.15) is 32.1 Å². The quantitative estimate of drug-likeness (QED) is 0.140. The molecule has 0 spiro atoms. The number of pyridine rings is 1. The first-order valence-corrected chi connectivity index (χ1v) is 16.0. The van der Waals surface area contributed by atoms with Gasteiger partial charge in [-0.3, -0.25) is 14.9 Å². The Morgan fingerprint density at radius 3 is 2.55 bits per heavy atom. The van der Waals surface area contributed by atoms with Crippen LogP contribution in [-0.2, 0) is 24.3 Å². The molecule has 1 aromatic carbocycles. The third-order valence-electron chi connectivity index (χ3n) is 7.68. The van der Waals surface area contributed by atoms with Gasteiger partial charge in [-0.1, -0.05) is 12.8 Å². The van der Waals surface area contributed by atoms with Crippen LogP contribution >= 0.6 is 0 Å². The number of anilines is 1. The molecule has 1 saturated carbocycles. The minimum Gasteiger partial charge on any atom is -0.497 e. The molecule has 4 rings (SSSR count). The summed E-state index contributed by atoms with van der Waals surface area (Å²) in [6, 6.07) is 8.84. The number of carbonyl (C=O) groups excluding carboxylic acids is 1. The van der Waals surface area contributed by atoms with Gasteiger partial charge in [-0.15, -0.1) is 0 Å². The van der Waals surface area contributed by atoms with Gasteiger partial charge in [0, 0.05) is 38.7 Å². The number of rotatable bonds is 16. The van der Waals surface area contributed by atoms with Crippen LogP contribution in [0.4, 0.5) is 11.5 Å². The summed E-state index contributed by atoms with van der Waals surface area (Å²) in [6.07, 6.45) is 7.19. The topological polar surface area (TPSA) is 182 Å². The number of nitrogens with zero attached hydrogens (tertiary/aromatic N) is 3. The van der Waals surface area contributed by atoms with E-state index in [-0.39, 0.29) is 55.1 Å². The lowest BCUT2D eigenvalue weighted by atomic mass is 9.86. The van der Waals surface area contributed by atoms with Crippen molar-refractivity contribution >= 4 is 27.4 Å². The van der Waals surface area contributed by atoms with Crippen molar-refractivity contribution in [2.45, 2.75) is 43.3 Å². The van der Waals surface area contributed by atoms with Crippen LogP contribution in [0.2, 0.25) is 0 Å². The van der Waals surface area contributed by atoms with Crippen molar-refractivity contribution in [3.05, 3.63) is 64.5 Å². The average molecular weight is 634 g/mol. The first kappa shape index (κ1) is 33.1. The summed E-state index contributed by atoms with van der Waals surface area (Å²) < 4.78 is 44.6. The predicted molar refractivity (Wildman–Crippen MR) is 160 cm³/mol. The molecule has 2 heterocycles. The minimum atomic E-state index is -3.90. The molecule has 240 valence electrons. The highest BCUT2D eigenvalue weighted by Crippen LogP contribution is 2.38. The van der Waals surface area contributed by atoms with Crippen molar-refractivity contribution < 1.29 is 37.5 Å². The third kappa shape index (κ3) is 8.87. The second kappa shape index (κ2) is 15.8. The van der Waals surface area contributed by atoms with Crippen molar-refractivity contribution in [1.82, 2.24) is 14.6 Å². The number of nitrogens with one attached hydrogen (secondary N) is 2. The van der Waals surface area contributed by atoms with Gasteiger partial charge in [0.25, 0.3) is 11.6 Å². The summed E-state index contributed by atoms with van der Waals surface area (Å²) in [5.41, 5.74) is -0.112. The first-order valence-electron chi connectivity index (χ1n) is 14.6. The van der Waals surface area contributed by atoms with E-state index in [0.29, 0.717) is 30.5 Å². The normalized spacial score (nSPS) is 18.8. The lowest BCUT2D eigenvalue weighted by molar-refractivity contribution is -0.385. The van der Waals surface area contributed by atoms with Crippen LogP contribution in [0, 0.1) is 22.0 Å². The maximum absolute atomic E-state index is 13.2. The van der Waals surface area contributed by atoms with Crippen molar-refractivity contribution in [1.29, 1.82) is 0 Å². The van der Waals surface area contributed by atoms with E-state index in [1.807, 2.05) is 6.08 Å². The molecule has 14 nitrogen and oxygen atoms in total. The van der Waals surface area contributed by atoms with Gasteiger partial charge in [-0.2, -0.15) is 4.31 Å². The molecule has 15 heteroatoms. The molecule has 0 unspecified atom stereocenters. The zero-order chi connectivity index (χ0) is 31.5. The molecule has 1 amide bonds. The van der Waals surface area contributed by atoms with E-state index in [0.717, 1.165) is 36.2 Å². The van der Waals surface area contributed by atoms with E-state index in [9.17, 15) is 28.4 Å². The predicted octanol–water partition coefficient (Wildman–Crippen LogP) is 2.66. The number of sulfonamides is 1. The van der Waals surface area contributed by atoms with E-state index in [1.165, 1.54) is 31.4 Å². The summed E-state index contributed by atoms with van der Waals surface area (Å²) in [6.45, 7) is 0.0947. The van der Waals surface area contributed by atoms with Crippen molar-refractivity contribution in [3.63, 3.8) is 0 Å². The number of aliphatic hydroxyl groups is 1. The molecule has 1 aliphatic heterocycles. The Hall–Kier alpha value is -3.79. The van der Waals surface area contributed by atoms with Gasteiger partial charge >= 0.3 is 0 Å². The number of allylic oxidation sites excluding steroid dienone is 1. The van der Waals surface area contributed by atoms with Gasteiger partial charge in [0.1, 0.15) is 17.8 Å². The van der Waals surface area contributed by atoms with E-state index in [1.54, 1.807) is 12.1 Å². The molecule has 1 aromatic heterocycles. The number of nitro groups is 1. The molecule has 2 aromatic rings. The number of methoxy groups -OCH3 is 1. The SMILES string of the molecule is COc1ccc(S(=O)(=O)N(CCO)CCO[C@H]2C[C@@H](C3CCCC3)C=C(C(=O)NCCNc3ccc([N+](=O)[O-])cn3)O2)cc1. The third-order valence-corrected chi connectivity index (χ3v) is 9.60. The number of amides is 1. The van der Waals surface area contributed by atoms with Crippen LogP contribution in [0.25, 0.3) is 0 Å². The highest BCUT2D eigenvalue weighted by Gasteiger charge is 2.34. The second-order valence-electron chi connectivity index (χ2n) is 10.5. The number of hydrogen-bond acceptors (Lipinski definition) is 11. The maximum atomic E-state index is 13.2. The fraction of sp³-hybridized carbons (Fsp3) is 0.517. The largest absolute Gasteiger partial charge is 0.497 e. The highest BCUT2D eigenvalue weighted by atomic mass is 32.2. The Morgan fingerprint density at radius 2 is 1.91 bits per heavy atom. The zero-order valence-corrected chi connectivity index (χ0v) is 25.4. The molecular weight excluding hydrogens is 594 g/mol. The first-order chi connectivity index (χ1) is 21.2. The Kier molecular flexibility index (Phi) is 11.9. The summed E-state index contributed by atoms with van der Waals surface area (Å²) in [5.74, 6) is 1.21. The molecule has 2 atom stereocenters. The van der Waals surface area contributed by atoms with Crippen LogP contribution < -0.4 is 15.4 Å². The van der Waals surface area contributed by atoms with E-state index in [2.05, 4.69) is 15.6 Å². The smallest absolute Gasteiger partial charge is 0.287 e. The van der Waals surface area contributed by atoms with Gasteiger partial charge in [0.15, 0.2) is 5.76 Å². The van der Waals surface area contributed by atoms with Crippen molar-refractivity contribution in [2.75, 3.05) is 51.8 Å². The Labute approximate surface area is 256 Å². The van der Waals surface area contributed by atoms with Crippen LogP contribution in [0.3, 0.4) is 0 Å². The van der Waals surface area contributed by atoms with Gasteiger partial charge < -0.3 is 30.0 Å². The Morgan fingerprint density at radius 1 is 1.16 bits per heavy atom. The number of aromatic nitrogens is 1. The Balaban J connectivity index is 1.32. The standard InChI is InChI=1S/C29H39N5O9S/c1-41-24-7-9-25(10-8-24)44(39,40)33(14-16-35)15-17-42-28-19-22(21-4-2-3-5-21)18-26(43-28)29(36)31-13-12-30-27-11-6-23(20-32-27)34(37)38/h6-11,18,20-22,28,35H,2-5,12-17,19H2,1H3,(H,30,32)(H,31,36)/t22-,28+/m0/s1. The fourth-order valence-corrected chi connectivity index (χ4v) is 6.77. The molecule has 44 heavy (non-hydrogen) atoms. The van der Waals surface area contributed by atoms with E-state index < -0.39 is 27.1 Å². The second-order valence-corrected chi connectivity index (χ2v) is 12.5. The number of benzene rings is 1. The molecular formula is C29H39N5O9S. The molecule has 2 aliphatic rings. The lowest BCUT2D eigenvalue weighted by Gasteiger charge is -2.32. The zero-order valence-electron chi connectivity index (χ0n) is 24.6. The monoisotopic (exact) mass is 633 g/mol. The van der Waals surface area contributed by atoms with Gasteiger partial charge in [0.2, 0.25) is 16.3 Å². The van der Waals surface area contributed by atoms with Crippen LogP contribution in [0.15, 0.2) is 59.3 Å². The molecule has 0 bridgehead atoms.